The van der Waals surface area contributed by atoms with Gasteiger partial charge in [-0.15, -0.1) is 0 Å². The van der Waals surface area contributed by atoms with Crippen LogP contribution in [0.15, 0.2) is 0 Å². The molecule has 2 atom stereocenters. The van der Waals surface area contributed by atoms with Gasteiger partial charge in [-0.05, 0) is 58.3 Å². The molecule has 2 fully saturated rings. The SMILES string of the molecule is CC(C)(C)OC(=O)NC1C2CCCC1CC(C(=O)OCCl)C2. The first kappa shape index (κ1) is 17.4. The van der Waals surface area contributed by atoms with Gasteiger partial charge in [0.2, 0.25) is 0 Å². The molecule has 0 saturated heterocycles. The summed E-state index contributed by atoms with van der Waals surface area (Å²) in [6.07, 6.45) is 4.36. The van der Waals surface area contributed by atoms with Gasteiger partial charge < -0.3 is 14.8 Å². The first-order chi connectivity index (χ1) is 10.3. The van der Waals surface area contributed by atoms with Crippen molar-refractivity contribution in [2.24, 2.45) is 17.8 Å². The number of hydrogen-bond acceptors (Lipinski definition) is 4. The highest BCUT2D eigenvalue weighted by molar-refractivity contribution is 6.17. The lowest BCUT2D eigenvalue weighted by Crippen LogP contribution is -2.53. The summed E-state index contributed by atoms with van der Waals surface area (Å²) in [6, 6.07) is 0.00760. The Morgan fingerprint density at radius 3 is 2.27 bits per heavy atom. The topological polar surface area (TPSA) is 64.6 Å². The summed E-state index contributed by atoms with van der Waals surface area (Å²) in [6.45, 7) is 5.56. The third kappa shape index (κ3) is 4.51. The largest absolute Gasteiger partial charge is 0.449 e. The molecule has 0 aromatic carbocycles. The number of amides is 1. The van der Waals surface area contributed by atoms with E-state index in [-0.39, 0.29) is 30.1 Å². The summed E-state index contributed by atoms with van der Waals surface area (Å²) in [5.41, 5.74) is -0.499. The second kappa shape index (κ2) is 7.07. The van der Waals surface area contributed by atoms with Crippen LogP contribution >= 0.6 is 11.6 Å². The van der Waals surface area contributed by atoms with Gasteiger partial charge in [-0.2, -0.15) is 0 Å². The molecule has 6 heteroatoms. The summed E-state index contributed by atoms with van der Waals surface area (Å²) >= 11 is 5.48. The van der Waals surface area contributed by atoms with Crippen molar-refractivity contribution >= 4 is 23.7 Å². The highest BCUT2D eigenvalue weighted by atomic mass is 35.5. The molecule has 0 aromatic heterocycles. The Bertz CT molecular complexity index is 407. The van der Waals surface area contributed by atoms with Crippen LogP contribution in [0.5, 0.6) is 0 Å². The van der Waals surface area contributed by atoms with Gasteiger partial charge in [0.25, 0.3) is 0 Å². The monoisotopic (exact) mass is 331 g/mol. The normalized spacial score (nSPS) is 31.3. The number of hydrogen-bond donors (Lipinski definition) is 1. The quantitative estimate of drug-likeness (QED) is 0.635. The molecule has 2 rings (SSSR count). The molecule has 0 aromatic rings. The lowest BCUT2D eigenvalue weighted by atomic mass is 9.65. The van der Waals surface area contributed by atoms with Crippen LogP contribution in [0.4, 0.5) is 4.79 Å². The third-order valence-corrected chi connectivity index (χ3v) is 4.66. The molecule has 5 nitrogen and oxygen atoms in total. The number of alkyl halides is 1. The molecule has 2 saturated carbocycles. The van der Waals surface area contributed by atoms with Gasteiger partial charge in [0, 0.05) is 6.04 Å². The van der Waals surface area contributed by atoms with Gasteiger partial charge in [-0.3, -0.25) is 4.79 Å². The van der Waals surface area contributed by atoms with Crippen LogP contribution in [-0.2, 0) is 14.3 Å². The van der Waals surface area contributed by atoms with Gasteiger partial charge >= 0.3 is 12.1 Å². The van der Waals surface area contributed by atoms with Gasteiger partial charge in [0.15, 0.2) is 6.07 Å². The van der Waals surface area contributed by atoms with Crippen LogP contribution in [0.3, 0.4) is 0 Å². The molecule has 2 aliphatic carbocycles. The van der Waals surface area contributed by atoms with Crippen LogP contribution in [0.2, 0.25) is 0 Å². The number of ether oxygens (including phenoxy) is 2. The minimum atomic E-state index is -0.499. The van der Waals surface area contributed by atoms with Crippen molar-refractivity contribution in [2.75, 3.05) is 6.07 Å². The molecule has 22 heavy (non-hydrogen) atoms. The van der Waals surface area contributed by atoms with Gasteiger partial charge in [0.05, 0.1) is 5.92 Å². The second-order valence-corrected chi connectivity index (χ2v) is 7.58. The lowest BCUT2D eigenvalue weighted by Gasteiger charge is -2.45. The van der Waals surface area contributed by atoms with E-state index in [1.54, 1.807) is 0 Å². The molecule has 2 bridgehead atoms. The van der Waals surface area contributed by atoms with E-state index in [4.69, 9.17) is 21.1 Å². The number of carbonyl (C=O) groups is 2. The first-order valence-electron chi connectivity index (χ1n) is 8.02. The highest BCUT2D eigenvalue weighted by Gasteiger charge is 2.43. The zero-order chi connectivity index (χ0) is 16.3. The first-order valence-corrected chi connectivity index (χ1v) is 8.55. The average Bonchev–Trinajstić information content (AvgIpc) is 2.36. The van der Waals surface area contributed by atoms with E-state index >= 15 is 0 Å². The maximum absolute atomic E-state index is 12.0. The van der Waals surface area contributed by atoms with Crippen molar-refractivity contribution in [2.45, 2.75) is 64.5 Å². The van der Waals surface area contributed by atoms with Crippen LogP contribution in [0, 0.1) is 17.8 Å². The van der Waals surface area contributed by atoms with Crippen LogP contribution in [0.25, 0.3) is 0 Å². The van der Waals surface area contributed by atoms with Crippen molar-refractivity contribution in [3.63, 3.8) is 0 Å². The zero-order valence-corrected chi connectivity index (χ0v) is 14.3. The summed E-state index contributed by atoms with van der Waals surface area (Å²) < 4.78 is 10.3. The fourth-order valence-corrected chi connectivity index (χ4v) is 3.89. The number of rotatable bonds is 3. The minimum absolute atomic E-state index is 0.0919. The van der Waals surface area contributed by atoms with Crippen molar-refractivity contribution < 1.29 is 19.1 Å². The minimum Gasteiger partial charge on any atom is -0.449 e. The molecule has 126 valence electrons. The number of fused-ring (bicyclic) bond motifs is 2. The predicted molar refractivity (Wildman–Crippen MR) is 83.5 cm³/mol. The summed E-state index contributed by atoms with van der Waals surface area (Å²) in [7, 11) is 0. The lowest BCUT2D eigenvalue weighted by molar-refractivity contribution is -0.149. The number of alkyl carbamates (subject to hydrolysis) is 1. The maximum Gasteiger partial charge on any atom is 0.407 e. The average molecular weight is 332 g/mol. The van der Waals surface area contributed by atoms with Gasteiger partial charge in [-0.25, -0.2) is 4.79 Å². The van der Waals surface area contributed by atoms with E-state index in [0.29, 0.717) is 11.8 Å². The number of nitrogens with one attached hydrogen (secondary N) is 1. The molecule has 1 N–H and O–H groups in total. The van der Waals surface area contributed by atoms with E-state index in [1.165, 1.54) is 0 Å². The summed E-state index contributed by atoms with van der Waals surface area (Å²) in [5, 5.41) is 3.03. The Balaban J connectivity index is 1.97. The molecule has 0 radical (unpaired) electrons. The molecule has 0 aliphatic heterocycles. The summed E-state index contributed by atoms with van der Waals surface area (Å²) in [4.78, 5) is 24.0. The van der Waals surface area contributed by atoms with E-state index < -0.39 is 5.60 Å². The van der Waals surface area contributed by atoms with Crippen molar-refractivity contribution in [1.82, 2.24) is 5.32 Å². The highest BCUT2D eigenvalue weighted by Crippen LogP contribution is 2.43. The van der Waals surface area contributed by atoms with Crippen LogP contribution in [0.1, 0.15) is 52.9 Å². The molecule has 2 aliphatic rings. The van der Waals surface area contributed by atoms with E-state index in [2.05, 4.69) is 5.32 Å². The van der Waals surface area contributed by atoms with Gasteiger partial charge in [-0.1, -0.05) is 18.0 Å². The molecule has 2 unspecified atom stereocenters. The Morgan fingerprint density at radius 1 is 1.18 bits per heavy atom. The predicted octanol–water partition coefficient (Wildman–Crippen LogP) is 3.45. The van der Waals surface area contributed by atoms with E-state index in [1.807, 2.05) is 20.8 Å². The number of esters is 1. The van der Waals surface area contributed by atoms with Crippen LogP contribution < -0.4 is 5.32 Å². The Labute approximate surface area is 137 Å². The molecular formula is C16H26ClNO4. The zero-order valence-electron chi connectivity index (χ0n) is 13.6. The second-order valence-electron chi connectivity index (χ2n) is 7.36. The van der Waals surface area contributed by atoms with Crippen LogP contribution in [-0.4, -0.2) is 29.8 Å². The summed E-state index contributed by atoms with van der Waals surface area (Å²) in [5.74, 6) is 0.328. The van der Waals surface area contributed by atoms with Gasteiger partial charge in [0.1, 0.15) is 5.60 Å². The van der Waals surface area contributed by atoms with Crippen molar-refractivity contribution in [1.29, 1.82) is 0 Å². The van der Waals surface area contributed by atoms with E-state index in [0.717, 1.165) is 32.1 Å². The Kier molecular flexibility index (Phi) is 5.59. The van der Waals surface area contributed by atoms with E-state index in [9.17, 15) is 9.59 Å². The van der Waals surface area contributed by atoms with Crippen molar-refractivity contribution in [3.8, 4) is 0 Å². The Hall–Kier alpha value is -0.970. The fourth-order valence-electron chi connectivity index (χ4n) is 3.79. The molecule has 1 amide bonds. The maximum atomic E-state index is 12.0. The van der Waals surface area contributed by atoms with Crippen molar-refractivity contribution in [3.05, 3.63) is 0 Å². The number of halogens is 1. The molecular weight excluding hydrogens is 306 g/mol. The molecule has 0 spiro atoms. The standard InChI is InChI=1S/C16H26ClNO4/c1-16(2,3)22-15(20)18-13-10-5-4-6-11(13)8-12(7-10)14(19)21-9-17/h10-13H,4-9H2,1-3H3,(H,18,20). The molecule has 0 heterocycles. The third-order valence-electron chi connectivity index (χ3n) is 4.55. The fraction of sp³-hybridized carbons (Fsp3) is 0.875. The Morgan fingerprint density at radius 2 is 1.77 bits per heavy atom. The number of carbonyl (C=O) groups excluding carboxylic acids is 2. The smallest absolute Gasteiger partial charge is 0.407 e.